The Hall–Kier alpha value is -0.0400. The predicted molar refractivity (Wildman–Crippen MR) is 119 cm³/mol. The lowest BCUT2D eigenvalue weighted by Crippen LogP contribution is -2.37. The van der Waals surface area contributed by atoms with Crippen molar-refractivity contribution in [3.63, 3.8) is 0 Å². The molecule has 0 saturated carbocycles. The predicted octanol–water partition coefficient (Wildman–Crippen LogP) is 8.66. The standard InChI is InChI=1S/C25H52O/c1-12-14-18-26-21(15-17-24(8,9)19-22(3,4)5)25(10,11)20-23(6,7)16-13-2/h21H,12-20H2,1-11H3. The molecule has 0 aromatic carbocycles. The third-order valence-electron chi connectivity index (χ3n) is 5.64. The van der Waals surface area contributed by atoms with Crippen LogP contribution in [0.15, 0.2) is 0 Å². The van der Waals surface area contributed by atoms with E-state index >= 15 is 0 Å². The lowest BCUT2D eigenvalue weighted by atomic mass is 9.67. The maximum atomic E-state index is 6.50. The van der Waals surface area contributed by atoms with Gasteiger partial charge in [0.25, 0.3) is 0 Å². The van der Waals surface area contributed by atoms with Gasteiger partial charge in [-0.25, -0.2) is 0 Å². The summed E-state index contributed by atoms with van der Waals surface area (Å²) < 4.78 is 6.50. The normalized spacial score (nSPS) is 15.3. The Balaban J connectivity index is 5.08. The summed E-state index contributed by atoms with van der Waals surface area (Å²) in [6.45, 7) is 27.2. The number of rotatable bonds is 13. The molecule has 0 spiro atoms. The molecular weight excluding hydrogens is 316 g/mol. The average molecular weight is 369 g/mol. The number of ether oxygens (including phenoxy) is 1. The van der Waals surface area contributed by atoms with Crippen molar-refractivity contribution in [1.29, 1.82) is 0 Å². The van der Waals surface area contributed by atoms with Crippen LogP contribution in [0.3, 0.4) is 0 Å². The van der Waals surface area contributed by atoms with E-state index in [4.69, 9.17) is 4.74 Å². The maximum absolute atomic E-state index is 6.50. The highest BCUT2D eigenvalue weighted by Crippen LogP contribution is 2.44. The zero-order chi connectivity index (χ0) is 20.6. The Morgan fingerprint density at radius 2 is 1.23 bits per heavy atom. The third kappa shape index (κ3) is 11.6. The topological polar surface area (TPSA) is 9.23 Å². The molecule has 0 N–H and O–H groups in total. The highest BCUT2D eigenvalue weighted by molar-refractivity contribution is 4.87. The van der Waals surface area contributed by atoms with Gasteiger partial charge in [0.2, 0.25) is 0 Å². The number of hydrogen-bond donors (Lipinski definition) is 0. The van der Waals surface area contributed by atoms with E-state index < -0.39 is 0 Å². The fraction of sp³-hybridized carbons (Fsp3) is 1.00. The fourth-order valence-corrected chi connectivity index (χ4v) is 5.23. The summed E-state index contributed by atoms with van der Waals surface area (Å²) in [6.07, 6.45) is 10.3. The van der Waals surface area contributed by atoms with Crippen molar-refractivity contribution in [2.24, 2.45) is 21.7 Å². The molecule has 0 aromatic rings. The molecule has 0 aliphatic carbocycles. The molecule has 0 aliphatic rings. The first kappa shape index (κ1) is 26.0. The SMILES string of the molecule is CCCCOC(CCC(C)(C)CC(C)(C)C)C(C)(C)CC(C)(C)CCC. The Morgan fingerprint density at radius 3 is 1.69 bits per heavy atom. The van der Waals surface area contributed by atoms with Crippen LogP contribution in [0, 0.1) is 21.7 Å². The molecule has 1 nitrogen and oxygen atoms in total. The van der Waals surface area contributed by atoms with Crippen molar-refractivity contribution in [2.45, 2.75) is 134 Å². The monoisotopic (exact) mass is 368 g/mol. The molecule has 1 unspecified atom stereocenters. The van der Waals surface area contributed by atoms with E-state index in [-0.39, 0.29) is 5.41 Å². The van der Waals surface area contributed by atoms with Crippen LogP contribution in [0.2, 0.25) is 0 Å². The van der Waals surface area contributed by atoms with Crippen molar-refractivity contribution >= 4 is 0 Å². The Labute approximate surface area is 167 Å². The van der Waals surface area contributed by atoms with E-state index in [9.17, 15) is 0 Å². The molecule has 0 bridgehead atoms. The minimum atomic E-state index is 0.226. The highest BCUT2D eigenvalue weighted by Gasteiger charge is 2.37. The van der Waals surface area contributed by atoms with Gasteiger partial charge in [-0.05, 0) is 60.2 Å². The molecule has 0 aromatic heterocycles. The van der Waals surface area contributed by atoms with Gasteiger partial charge >= 0.3 is 0 Å². The number of hydrogen-bond acceptors (Lipinski definition) is 1. The summed E-state index contributed by atoms with van der Waals surface area (Å²) in [4.78, 5) is 0. The van der Waals surface area contributed by atoms with Crippen LogP contribution in [-0.4, -0.2) is 12.7 Å². The molecule has 158 valence electrons. The van der Waals surface area contributed by atoms with Gasteiger partial charge in [-0.3, -0.25) is 0 Å². The smallest absolute Gasteiger partial charge is 0.0626 e. The minimum Gasteiger partial charge on any atom is -0.378 e. The summed E-state index contributed by atoms with van der Waals surface area (Å²) in [5.41, 5.74) is 1.39. The lowest BCUT2D eigenvalue weighted by molar-refractivity contribution is -0.0561. The molecule has 0 fully saturated rings. The summed E-state index contributed by atoms with van der Waals surface area (Å²) in [5, 5.41) is 0. The molecule has 1 heteroatoms. The van der Waals surface area contributed by atoms with Crippen molar-refractivity contribution < 1.29 is 4.74 Å². The molecule has 1 atom stereocenters. The second-order valence-electron chi connectivity index (χ2n) is 12.2. The van der Waals surface area contributed by atoms with Gasteiger partial charge in [-0.2, -0.15) is 0 Å². The van der Waals surface area contributed by atoms with Crippen LogP contribution < -0.4 is 0 Å². The van der Waals surface area contributed by atoms with Gasteiger partial charge in [-0.1, -0.05) is 89.0 Å². The molecule has 0 aliphatic heterocycles. The van der Waals surface area contributed by atoms with E-state index in [2.05, 4.69) is 76.2 Å². The van der Waals surface area contributed by atoms with E-state index in [0.717, 1.165) is 6.61 Å². The first-order chi connectivity index (χ1) is 11.6. The molecule has 0 amide bonds. The van der Waals surface area contributed by atoms with E-state index in [1.54, 1.807) is 0 Å². The summed E-state index contributed by atoms with van der Waals surface area (Å²) in [6, 6.07) is 0. The lowest BCUT2D eigenvalue weighted by Gasteiger charge is -2.42. The minimum absolute atomic E-state index is 0.226. The zero-order valence-corrected chi connectivity index (χ0v) is 20.3. The van der Waals surface area contributed by atoms with E-state index in [0.29, 0.717) is 22.3 Å². The molecular formula is C25H52O. The van der Waals surface area contributed by atoms with Crippen LogP contribution in [-0.2, 0) is 4.74 Å². The Bertz CT molecular complexity index is 370. The second kappa shape index (κ2) is 10.5. The molecule has 0 saturated heterocycles. The van der Waals surface area contributed by atoms with E-state index in [1.165, 1.54) is 51.4 Å². The largest absolute Gasteiger partial charge is 0.378 e. The van der Waals surface area contributed by atoms with E-state index in [1.807, 2.05) is 0 Å². The molecule has 26 heavy (non-hydrogen) atoms. The first-order valence-electron chi connectivity index (χ1n) is 11.3. The van der Waals surface area contributed by atoms with Gasteiger partial charge in [0.1, 0.15) is 0 Å². The molecule has 0 rings (SSSR count). The molecule has 0 heterocycles. The van der Waals surface area contributed by atoms with Gasteiger partial charge in [0.15, 0.2) is 0 Å². The van der Waals surface area contributed by atoms with Crippen LogP contribution >= 0.6 is 0 Å². The summed E-state index contributed by atoms with van der Waals surface area (Å²) in [7, 11) is 0. The van der Waals surface area contributed by atoms with Gasteiger partial charge in [0.05, 0.1) is 6.10 Å². The first-order valence-corrected chi connectivity index (χ1v) is 11.3. The van der Waals surface area contributed by atoms with Crippen molar-refractivity contribution in [1.82, 2.24) is 0 Å². The Morgan fingerprint density at radius 1 is 0.692 bits per heavy atom. The summed E-state index contributed by atoms with van der Waals surface area (Å²) in [5.74, 6) is 0. The maximum Gasteiger partial charge on any atom is 0.0626 e. The average Bonchev–Trinajstić information content (AvgIpc) is 2.38. The second-order valence-corrected chi connectivity index (χ2v) is 12.2. The van der Waals surface area contributed by atoms with Gasteiger partial charge in [-0.15, -0.1) is 0 Å². The van der Waals surface area contributed by atoms with Crippen LogP contribution in [0.4, 0.5) is 0 Å². The van der Waals surface area contributed by atoms with Crippen molar-refractivity contribution in [3.05, 3.63) is 0 Å². The van der Waals surface area contributed by atoms with Crippen LogP contribution in [0.5, 0.6) is 0 Å². The highest BCUT2D eigenvalue weighted by atomic mass is 16.5. The molecule has 0 radical (unpaired) electrons. The third-order valence-corrected chi connectivity index (χ3v) is 5.64. The number of unbranched alkanes of at least 4 members (excludes halogenated alkanes) is 1. The van der Waals surface area contributed by atoms with Crippen LogP contribution in [0.1, 0.15) is 128 Å². The van der Waals surface area contributed by atoms with Crippen molar-refractivity contribution in [2.75, 3.05) is 6.61 Å². The zero-order valence-electron chi connectivity index (χ0n) is 20.3. The van der Waals surface area contributed by atoms with Gasteiger partial charge < -0.3 is 4.74 Å². The fourth-order valence-electron chi connectivity index (χ4n) is 5.23. The quantitative estimate of drug-likeness (QED) is 0.295. The van der Waals surface area contributed by atoms with Crippen molar-refractivity contribution in [3.8, 4) is 0 Å². The summed E-state index contributed by atoms with van der Waals surface area (Å²) >= 11 is 0. The Kier molecular flexibility index (Phi) is 10.5. The van der Waals surface area contributed by atoms with Gasteiger partial charge in [0, 0.05) is 6.61 Å². The van der Waals surface area contributed by atoms with Crippen LogP contribution in [0.25, 0.3) is 0 Å².